The van der Waals surface area contributed by atoms with Crippen molar-refractivity contribution in [1.29, 1.82) is 0 Å². The maximum Gasteiger partial charge on any atom is 0.0854 e. The molecule has 2 aromatic carbocycles. The smallest absolute Gasteiger partial charge is 0.0854 e. The molecule has 2 fully saturated rings. The quantitative estimate of drug-likeness (QED) is 0.655. The van der Waals surface area contributed by atoms with Gasteiger partial charge in [-0.25, -0.2) is 0 Å². The molecule has 3 atom stereocenters. The second-order valence-corrected chi connectivity index (χ2v) is 9.38. The van der Waals surface area contributed by atoms with Crippen LogP contribution in [0.15, 0.2) is 47.4 Å². The summed E-state index contributed by atoms with van der Waals surface area (Å²) in [6, 6.07) is 15.6. The highest BCUT2D eigenvalue weighted by Gasteiger charge is 2.31. The zero-order valence-electron chi connectivity index (χ0n) is 16.5. The highest BCUT2D eigenvalue weighted by atomic mass is 32.2. The zero-order chi connectivity index (χ0) is 19.5. The van der Waals surface area contributed by atoms with Crippen LogP contribution in [0.4, 0.5) is 0 Å². The molecule has 1 aliphatic heterocycles. The van der Waals surface area contributed by atoms with Crippen LogP contribution in [-0.4, -0.2) is 34.8 Å². The molecule has 2 N–H and O–H groups in total. The normalized spacial score (nSPS) is 25.0. The van der Waals surface area contributed by atoms with E-state index in [1.54, 1.807) is 0 Å². The SMILES string of the molecule is CCSc1ccc(Cc2cc([C@H]3C[C@@H](O)C[C@@H](CO)O3)ccc2C2CC2)cc1. The monoisotopic (exact) mass is 398 g/mol. The van der Waals surface area contributed by atoms with Crippen molar-refractivity contribution in [2.45, 2.75) is 68.2 Å². The second-order valence-electron chi connectivity index (χ2n) is 8.04. The molecule has 1 saturated heterocycles. The molecule has 0 radical (unpaired) electrons. The topological polar surface area (TPSA) is 49.7 Å². The molecule has 2 aliphatic rings. The van der Waals surface area contributed by atoms with Crippen molar-refractivity contribution in [1.82, 2.24) is 0 Å². The molecular weight excluding hydrogens is 368 g/mol. The molecule has 1 saturated carbocycles. The number of rotatable bonds is 7. The lowest BCUT2D eigenvalue weighted by Crippen LogP contribution is -2.33. The van der Waals surface area contributed by atoms with E-state index < -0.39 is 6.10 Å². The summed E-state index contributed by atoms with van der Waals surface area (Å²) in [6.45, 7) is 2.14. The third kappa shape index (κ3) is 4.80. The predicted octanol–water partition coefficient (Wildman–Crippen LogP) is 4.84. The number of hydrogen-bond donors (Lipinski definition) is 2. The minimum absolute atomic E-state index is 0.0390. The summed E-state index contributed by atoms with van der Waals surface area (Å²) >= 11 is 1.87. The average molecular weight is 399 g/mol. The van der Waals surface area contributed by atoms with Crippen molar-refractivity contribution in [2.75, 3.05) is 12.4 Å². The van der Waals surface area contributed by atoms with Crippen LogP contribution in [0.5, 0.6) is 0 Å². The fourth-order valence-electron chi connectivity index (χ4n) is 4.18. The Bertz CT molecular complexity index is 785. The number of aliphatic hydroxyl groups excluding tert-OH is 2. The summed E-state index contributed by atoms with van der Waals surface area (Å²) < 4.78 is 6.04. The Labute approximate surface area is 172 Å². The van der Waals surface area contributed by atoms with E-state index in [9.17, 15) is 10.2 Å². The highest BCUT2D eigenvalue weighted by Crippen LogP contribution is 2.43. The first kappa shape index (κ1) is 20.0. The molecule has 0 unspecified atom stereocenters. The van der Waals surface area contributed by atoms with E-state index in [0.29, 0.717) is 18.8 Å². The Balaban J connectivity index is 1.57. The van der Waals surface area contributed by atoms with Gasteiger partial charge in [-0.15, -0.1) is 11.8 Å². The van der Waals surface area contributed by atoms with Gasteiger partial charge in [-0.2, -0.15) is 0 Å². The maximum atomic E-state index is 10.2. The number of hydrogen-bond acceptors (Lipinski definition) is 4. The van der Waals surface area contributed by atoms with Gasteiger partial charge in [-0.1, -0.05) is 37.3 Å². The largest absolute Gasteiger partial charge is 0.394 e. The Morgan fingerprint density at radius 1 is 1.07 bits per heavy atom. The second kappa shape index (κ2) is 9.00. The standard InChI is InChI=1S/C24H30O3S/c1-2-28-22-8-3-16(4-9-22)11-19-12-18(7-10-23(19)17-5-6-17)24-14-20(26)13-21(15-25)27-24/h3-4,7-10,12,17,20-21,24-26H,2,5-6,11,13-15H2,1H3/t20-,21-,24+/m0/s1. The first-order valence-corrected chi connectivity index (χ1v) is 11.4. The Morgan fingerprint density at radius 3 is 2.54 bits per heavy atom. The lowest BCUT2D eigenvalue weighted by molar-refractivity contribution is -0.113. The summed E-state index contributed by atoms with van der Waals surface area (Å²) in [5.41, 5.74) is 5.29. The van der Waals surface area contributed by atoms with Gasteiger partial charge in [0.2, 0.25) is 0 Å². The molecule has 0 spiro atoms. The molecular formula is C24H30O3S. The molecule has 0 amide bonds. The van der Waals surface area contributed by atoms with Crippen LogP contribution >= 0.6 is 11.8 Å². The Kier molecular flexibility index (Phi) is 6.42. The van der Waals surface area contributed by atoms with E-state index in [1.807, 2.05) is 11.8 Å². The molecule has 0 aromatic heterocycles. The van der Waals surface area contributed by atoms with E-state index in [1.165, 1.54) is 34.4 Å². The van der Waals surface area contributed by atoms with Crippen LogP contribution < -0.4 is 0 Å². The van der Waals surface area contributed by atoms with E-state index in [2.05, 4.69) is 49.4 Å². The van der Waals surface area contributed by atoms with Gasteiger partial charge < -0.3 is 14.9 Å². The number of aliphatic hydroxyl groups is 2. The van der Waals surface area contributed by atoms with Crippen molar-refractivity contribution in [3.8, 4) is 0 Å². The molecule has 150 valence electrons. The van der Waals surface area contributed by atoms with Crippen molar-refractivity contribution in [3.63, 3.8) is 0 Å². The molecule has 3 nitrogen and oxygen atoms in total. The van der Waals surface area contributed by atoms with Crippen LogP contribution in [0.2, 0.25) is 0 Å². The fraction of sp³-hybridized carbons (Fsp3) is 0.500. The predicted molar refractivity (Wildman–Crippen MR) is 114 cm³/mol. The molecule has 28 heavy (non-hydrogen) atoms. The first-order valence-electron chi connectivity index (χ1n) is 10.4. The van der Waals surface area contributed by atoms with Gasteiger partial charge in [-0.3, -0.25) is 0 Å². The summed E-state index contributed by atoms with van der Waals surface area (Å²) in [7, 11) is 0. The van der Waals surface area contributed by atoms with E-state index in [0.717, 1.165) is 17.7 Å². The molecule has 1 heterocycles. The summed E-state index contributed by atoms with van der Waals surface area (Å²) in [4.78, 5) is 1.32. The molecule has 0 bridgehead atoms. The number of thioether (sulfide) groups is 1. The average Bonchev–Trinajstić information content (AvgIpc) is 3.54. The molecule has 4 heteroatoms. The summed E-state index contributed by atoms with van der Waals surface area (Å²) in [6.07, 6.45) is 3.78. The Morgan fingerprint density at radius 2 is 1.86 bits per heavy atom. The van der Waals surface area contributed by atoms with Gasteiger partial charge in [0, 0.05) is 17.7 Å². The van der Waals surface area contributed by atoms with Gasteiger partial charge >= 0.3 is 0 Å². The van der Waals surface area contributed by atoms with E-state index in [-0.39, 0.29) is 18.8 Å². The highest BCUT2D eigenvalue weighted by molar-refractivity contribution is 7.99. The van der Waals surface area contributed by atoms with Crippen LogP contribution in [0.1, 0.15) is 66.9 Å². The van der Waals surface area contributed by atoms with Crippen LogP contribution in [0.25, 0.3) is 0 Å². The van der Waals surface area contributed by atoms with Crippen LogP contribution in [-0.2, 0) is 11.2 Å². The summed E-state index contributed by atoms with van der Waals surface area (Å²) in [5, 5.41) is 19.6. The number of ether oxygens (including phenoxy) is 1. The van der Waals surface area contributed by atoms with Crippen LogP contribution in [0, 0.1) is 0 Å². The maximum absolute atomic E-state index is 10.2. The fourth-order valence-corrected chi connectivity index (χ4v) is 4.85. The van der Waals surface area contributed by atoms with Gasteiger partial charge in [-0.05, 0) is 65.3 Å². The molecule has 2 aromatic rings. The third-order valence-corrected chi connectivity index (χ3v) is 6.66. The number of benzene rings is 2. The van der Waals surface area contributed by atoms with E-state index in [4.69, 9.17) is 4.74 Å². The Hall–Kier alpha value is -1.33. The van der Waals surface area contributed by atoms with Gasteiger partial charge in [0.25, 0.3) is 0 Å². The minimum Gasteiger partial charge on any atom is -0.394 e. The van der Waals surface area contributed by atoms with Gasteiger partial charge in [0.05, 0.1) is 24.9 Å². The first-order chi connectivity index (χ1) is 13.7. The lowest BCUT2D eigenvalue weighted by atomic mass is 9.90. The molecule has 4 rings (SSSR count). The van der Waals surface area contributed by atoms with Gasteiger partial charge in [0.1, 0.15) is 0 Å². The third-order valence-electron chi connectivity index (χ3n) is 5.77. The van der Waals surface area contributed by atoms with Crippen molar-refractivity contribution in [3.05, 3.63) is 64.7 Å². The van der Waals surface area contributed by atoms with Crippen molar-refractivity contribution in [2.24, 2.45) is 0 Å². The van der Waals surface area contributed by atoms with Crippen LogP contribution in [0.3, 0.4) is 0 Å². The zero-order valence-corrected chi connectivity index (χ0v) is 17.3. The minimum atomic E-state index is -0.411. The van der Waals surface area contributed by atoms with Crippen molar-refractivity contribution >= 4 is 11.8 Å². The summed E-state index contributed by atoms with van der Waals surface area (Å²) in [5.74, 6) is 1.79. The van der Waals surface area contributed by atoms with Gasteiger partial charge in [0.15, 0.2) is 0 Å². The molecule has 1 aliphatic carbocycles. The van der Waals surface area contributed by atoms with E-state index >= 15 is 0 Å². The lowest BCUT2D eigenvalue weighted by Gasteiger charge is -2.33. The van der Waals surface area contributed by atoms with Crippen molar-refractivity contribution < 1.29 is 14.9 Å².